The highest BCUT2D eigenvalue weighted by Gasteiger charge is 2.44. The van der Waals surface area contributed by atoms with E-state index in [-0.39, 0.29) is 5.60 Å². The van der Waals surface area contributed by atoms with Gasteiger partial charge in [-0.3, -0.25) is 0 Å². The first kappa shape index (κ1) is 24.8. The van der Waals surface area contributed by atoms with Gasteiger partial charge in [0.1, 0.15) is 17.1 Å². The van der Waals surface area contributed by atoms with E-state index in [0.29, 0.717) is 37.4 Å². The highest BCUT2D eigenvalue weighted by Crippen LogP contribution is 2.42. The van der Waals surface area contributed by atoms with Crippen LogP contribution in [-0.4, -0.2) is 40.7 Å². The Labute approximate surface area is 215 Å². The van der Waals surface area contributed by atoms with Crippen LogP contribution in [0.4, 0.5) is 5.69 Å². The van der Waals surface area contributed by atoms with Crippen molar-refractivity contribution >= 4 is 16.1 Å². The number of nitrogens with zero attached hydrogens (tertiary/aromatic N) is 2. The highest BCUT2D eigenvalue weighted by atomic mass is 32.3. The molecule has 0 aromatic heterocycles. The average Bonchev–Trinajstić information content (AvgIpc) is 3.03. The fourth-order valence-corrected chi connectivity index (χ4v) is 6.64. The van der Waals surface area contributed by atoms with Crippen molar-refractivity contribution in [1.29, 1.82) is 0 Å². The van der Waals surface area contributed by atoms with Crippen molar-refractivity contribution in [3.05, 3.63) is 83.9 Å². The molecule has 0 aliphatic carbocycles. The Morgan fingerprint density at radius 3 is 2.36 bits per heavy atom. The fraction of sp³-hybridized carbons (Fsp3) is 0.379. The van der Waals surface area contributed by atoms with Crippen LogP contribution in [0, 0.1) is 6.92 Å². The smallest absolute Gasteiger partial charge is 0.175 e. The Balaban J connectivity index is 1.34. The van der Waals surface area contributed by atoms with Crippen molar-refractivity contribution in [1.82, 2.24) is 4.31 Å². The number of piperidine rings is 1. The van der Waals surface area contributed by atoms with E-state index in [1.54, 1.807) is 16.4 Å². The third-order valence-corrected chi connectivity index (χ3v) is 9.21. The minimum Gasteiger partial charge on any atom is -0.593 e. The molecule has 0 N–H and O–H groups in total. The molecule has 7 heteroatoms. The minimum atomic E-state index is -3.51. The number of rotatable bonds is 6. The van der Waals surface area contributed by atoms with Crippen LogP contribution in [-0.2, 0) is 21.2 Å². The summed E-state index contributed by atoms with van der Waals surface area (Å²) in [5.74, 6) is 1.77. The first-order chi connectivity index (χ1) is 17.4. The molecular weight excluding hydrogens is 472 g/mol. The first-order valence-electron chi connectivity index (χ1n) is 12.7. The Bertz CT molecular complexity index is 1240. The number of hydrogen-bond donors (Lipinski definition) is 0. The van der Waals surface area contributed by atoms with Crippen LogP contribution < -0.4 is 14.4 Å². The van der Waals surface area contributed by atoms with Crippen molar-refractivity contribution in [2.45, 2.75) is 50.2 Å². The Hall–Kier alpha value is -2.87. The monoisotopic (exact) mass is 506 g/mol. The maximum atomic E-state index is 13.2. The number of aryl methyl sites for hydroxylation is 1. The van der Waals surface area contributed by atoms with Crippen molar-refractivity contribution in [2.75, 3.05) is 31.1 Å². The highest BCUT2D eigenvalue weighted by molar-refractivity contribution is 7.95. The summed E-state index contributed by atoms with van der Waals surface area (Å²) in [6, 6.07) is 23.5. The Morgan fingerprint density at radius 2 is 1.61 bits per heavy atom. The van der Waals surface area contributed by atoms with Gasteiger partial charge in [0.15, 0.2) is 15.3 Å². The third-order valence-electron chi connectivity index (χ3n) is 7.30. The molecule has 2 heterocycles. The number of anilines is 1. The molecule has 1 spiro atoms. The van der Waals surface area contributed by atoms with Gasteiger partial charge in [-0.2, -0.15) is 0 Å². The van der Waals surface area contributed by atoms with Gasteiger partial charge in [-0.25, -0.2) is 0 Å². The third kappa shape index (κ3) is 5.01. The summed E-state index contributed by atoms with van der Waals surface area (Å²) in [5.41, 5.74) is 2.87. The van der Waals surface area contributed by atoms with Gasteiger partial charge in [-0.15, -0.1) is 4.31 Å². The Morgan fingerprint density at radius 1 is 0.944 bits per heavy atom. The maximum Gasteiger partial charge on any atom is 0.175 e. The zero-order valence-corrected chi connectivity index (χ0v) is 21.8. The second kappa shape index (κ2) is 10.2. The number of sulfonamides is 1. The van der Waals surface area contributed by atoms with E-state index in [9.17, 15) is 8.76 Å². The van der Waals surface area contributed by atoms with Gasteiger partial charge in [-0.05, 0) is 44.2 Å². The molecule has 1 saturated heterocycles. The number of hydrogen-bond acceptors (Lipinski definition) is 5. The lowest BCUT2D eigenvalue weighted by Crippen LogP contribution is -2.51. The van der Waals surface area contributed by atoms with E-state index in [1.807, 2.05) is 62.4 Å². The van der Waals surface area contributed by atoms with Crippen LogP contribution in [0.15, 0.2) is 77.7 Å². The summed E-state index contributed by atoms with van der Waals surface area (Å²) in [4.78, 5) is 2.72. The number of para-hydroxylation sites is 3. The summed E-state index contributed by atoms with van der Waals surface area (Å²) in [5, 5.41) is 0. The van der Waals surface area contributed by atoms with Crippen LogP contribution in [0.3, 0.4) is 0 Å². The minimum absolute atomic E-state index is 0.357. The number of ether oxygens (including phenoxy) is 2. The second-order valence-electron chi connectivity index (χ2n) is 9.68. The van der Waals surface area contributed by atoms with Gasteiger partial charge in [-0.1, -0.05) is 52.2 Å². The molecule has 2 aliphatic rings. The van der Waals surface area contributed by atoms with E-state index in [2.05, 4.69) is 17.0 Å². The zero-order chi connectivity index (χ0) is 25.2. The van der Waals surface area contributed by atoms with E-state index in [0.717, 1.165) is 47.8 Å². The molecule has 0 radical (unpaired) electrons. The predicted molar refractivity (Wildman–Crippen MR) is 142 cm³/mol. The van der Waals surface area contributed by atoms with Crippen molar-refractivity contribution in [3.8, 4) is 11.5 Å². The lowest BCUT2D eigenvalue weighted by Gasteiger charge is -2.41. The molecule has 3 aromatic rings. The van der Waals surface area contributed by atoms with Gasteiger partial charge in [0.2, 0.25) is 0 Å². The molecule has 190 valence electrons. The summed E-state index contributed by atoms with van der Waals surface area (Å²) >= 11 is 0. The molecule has 0 bridgehead atoms. The summed E-state index contributed by atoms with van der Waals surface area (Å²) < 4.78 is 40.7. The molecular formula is C29H34N2O4S. The van der Waals surface area contributed by atoms with Crippen LogP contribution in [0.5, 0.6) is 11.5 Å². The van der Waals surface area contributed by atoms with Gasteiger partial charge < -0.3 is 18.9 Å². The molecule has 0 saturated carbocycles. The molecule has 5 rings (SSSR count). The van der Waals surface area contributed by atoms with Crippen LogP contribution in [0.1, 0.15) is 37.3 Å². The largest absolute Gasteiger partial charge is 0.593 e. The summed E-state index contributed by atoms with van der Waals surface area (Å²) in [6.45, 7) is 7.03. The first-order valence-corrected chi connectivity index (χ1v) is 14.1. The summed E-state index contributed by atoms with van der Waals surface area (Å²) in [7, 11) is -3.51. The average molecular weight is 507 g/mol. The number of fused-ring (bicyclic) bond motifs is 1. The number of benzene rings is 3. The van der Waals surface area contributed by atoms with Gasteiger partial charge in [0, 0.05) is 51.0 Å². The van der Waals surface area contributed by atoms with Crippen molar-refractivity contribution in [3.63, 3.8) is 0 Å². The quantitative estimate of drug-likeness (QED) is 0.406. The maximum absolute atomic E-state index is 13.2. The van der Waals surface area contributed by atoms with E-state index >= 15 is 0 Å². The summed E-state index contributed by atoms with van der Waals surface area (Å²) in [6.07, 6.45) is 2.16. The lowest BCUT2D eigenvalue weighted by atomic mass is 9.88. The van der Waals surface area contributed by atoms with Crippen molar-refractivity contribution < 1.29 is 18.2 Å². The predicted octanol–water partition coefficient (Wildman–Crippen LogP) is 5.62. The van der Waals surface area contributed by atoms with Gasteiger partial charge in [0.25, 0.3) is 0 Å². The normalized spacial score (nSPS) is 19.1. The molecule has 3 aromatic carbocycles. The van der Waals surface area contributed by atoms with Crippen molar-refractivity contribution in [2.24, 2.45) is 0 Å². The van der Waals surface area contributed by atoms with Crippen LogP contribution in [0.25, 0.3) is 0 Å². The van der Waals surface area contributed by atoms with E-state index < -0.39 is 10.4 Å². The molecule has 1 unspecified atom stereocenters. The molecule has 6 nitrogen and oxygen atoms in total. The Kier molecular flexibility index (Phi) is 7.06. The van der Waals surface area contributed by atoms with Crippen LogP contribution in [0.2, 0.25) is 0 Å². The lowest BCUT2D eigenvalue weighted by molar-refractivity contribution is 0.0167. The zero-order valence-electron chi connectivity index (χ0n) is 21.0. The van der Waals surface area contributed by atoms with Gasteiger partial charge in [0.05, 0.1) is 12.3 Å². The molecule has 2 aliphatic heterocycles. The fourth-order valence-electron chi connectivity index (χ4n) is 5.19. The molecule has 1 atom stereocenters. The standard InChI is InChI=1S/C29H34N2O4S/c1-3-34-27-10-6-4-8-24(27)22-30-19-16-29(35-28-11-7-5-9-26(28)30)17-20-31(21-18-29)36(32,33)25-14-12-23(2)13-15-25/h4-15H,3,16-22H2,1-2H3. The topological polar surface area (TPSA) is 65.1 Å². The second-order valence-corrected chi connectivity index (χ2v) is 11.6. The molecule has 1 fully saturated rings. The van der Waals surface area contributed by atoms with Gasteiger partial charge >= 0.3 is 0 Å². The molecule has 36 heavy (non-hydrogen) atoms. The van der Waals surface area contributed by atoms with E-state index in [4.69, 9.17) is 9.47 Å². The molecule has 0 amide bonds. The van der Waals surface area contributed by atoms with E-state index in [1.165, 1.54) is 0 Å². The van der Waals surface area contributed by atoms with Crippen LogP contribution >= 0.6 is 0 Å². The SMILES string of the molecule is CCOc1ccccc1CN1CCC2(CCN([S+](=O)([O-])c3ccc(C)cc3)CC2)Oc2ccccc21.